The molecule has 4 amide bonds. The van der Waals surface area contributed by atoms with Gasteiger partial charge in [0, 0.05) is 5.02 Å². The molecule has 0 aromatic heterocycles. The maximum atomic E-state index is 13.4. The number of barbiturate groups is 1. The Kier molecular flexibility index (Phi) is 9.29. The van der Waals surface area contributed by atoms with Crippen LogP contribution in [0.25, 0.3) is 6.08 Å². The molecule has 4 aromatic rings. The molecule has 1 heterocycles. The number of rotatable bonds is 10. The summed E-state index contributed by atoms with van der Waals surface area (Å²) in [6.07, 6.45) is 1.35. The van der Waals surface area contributed by atoms with Gasteiger partial charge in [0.25, 0.3) is 11.8 Å². The van der Waals surface area contributed by atoms with Gasteiger partial charge in [-0.2, -0.15) is 0 Å². The third-order valence-corrected chi connectivity index (χ3v) is 6.92. The number of hydrogen-bond donors (Lipinski definition) is 1. The maximum absolute atomic E-state index is 13.4. The van der Waals surface area contributed by atoms with Crippen molar-refractivity contribution in [3.8, 4) is 17.2 Å². The van der Waals surface area contributed by atoms with E-state index in [2.05, 4.69) is 5.32 Å². The average molecular weight is 617 g/mol. The van der Waals surface area contributed by atoms with Gasteiger partial charge in [-0.05, 0) is 78.2 Å². The monoisotopic (exact) mass is 616 g/mol. The first-order chi connectivity index (χ1) is 20.8. The van der Waals surface area contributed by atoms with Crippen molar-refractivity contribution in [3.05, 3.63) is 123 Å². The molecule has 0 radical (unpaired) electrons. The molecular weight excluding hydrogens is 591 g/mol. The van der Waals surface area contributed by atoms with Gasteiger partial charge in [0.05, 0.1) is 17.3 Å². The summed E-state index contributed by atoms with van der Waals surface area (Å²) in [6.45, 7) is 2.70. The molecular formula is C33H26Cl2N2O6. The van der Waals surface area contributed by atoms with E-state index in [1.807, 2.05) is 49.4 Å². The van der Waals surface area contributed by atoms with E-state index in [1.165, 1.54) is 6.08 Å². The van der Waals surface area contributed by atoms with Gasteiger partial charge in [0.15, 0.2) is 11.5 Å². The highest BCUT2D eigenvalue weighted by atomic mass is 35.5. The molecule has 0 unspecified atom stereocenters. The van der Waals surface area contributed by atoms with Crippen LogP contribution in [0.15, 0.2) is 96.6 Å². The average Bonchev–Trinajstić information content (AvgIpc) is 3.00. The van der Waals surface area contributed by atoms with Gasteiger partial charge in [-0.15, -0.1) is 0 Å². The molecule has 5 rings (SSSR count). The lowest BCUT2D eigenvalue weighted by Crippen LogP contribution is -2.54. The number of halogens is 2. The summed E-state index contributed by atoms with van der Waals surface area (Å²) in [5.74, 6) is -0.416. The predicted molar refractivity (Wildman–Crippen MR) is 165 cm³/mol. The molecule has 0 aliphatic carbocycles. The van der Waals surface area contributed by atoms with E-state index in [1.54, 1.807) is 48.5 Å². The number of anilines is 1. The molecule has 10 heteroatoms. The third-order valence-electron chi connectivity index (χ3n) is 6.38. The third kappa shape index (κ3) is 7.17. The highest BCUT2D eigenvalue weighted by molar-refractivity contribution is 6.39. The Morgan fingerprint density at radius 1 is 0.791 bits per heavy atom. The summed E-state index contributed by atoms with van der Waals surface area (Å²) >= 11 is 12.5. The molecule has 0 spiro atoms. The van der Waals surface area contributed by atoms with Crippen LogP contribution in [0, 0.1) is 0 Å². The van der Waals surface area contributed by atoms with Crippen molar-refractivity contribution >= 4 is 52.8 Å². The Morgan fingerprint density at radius 2 is 1.47 bits per heavy atom. The number of nitrogens with zero attached hydrogens (tertiary/aromatic N) is 1. The van der Waals surface area contributed by atoms with Crippen LogP contribution in [0.5, 0.6) is 17.2 Å². The number of hydrogen-bond acceptors (Lipinski definition) is 6. The fraction of sp³-hybridized carbons (Fsp3) is 0.121. The Bertz CT molecular complexity index is 1670. The van der Waals surface area contributed by atoms with Crippen LogP contribution in [-0.2, 0) is 22.8 Å². The summed E-state index contributed by atoms with van der Waals surface area (Å²) in [7, 11) is 0. The minimum Gasteiger partial charge on any atom is -0.490 e. The van der Waals surface area contributed by atoms with E-state index in [0.29, 0.717) is 41.0 Å². The molecule has 1 saturated heterocycles. The summed E-state index contributed by atoms with van der Waals surface area (Å²) < 4.78 is 17.5. The number of urea groups is 1. The SMILES string of the molecule is CCOc1cc(/C=C2\C(=O)NC(=O)N(c3ccc(OCc4ccccc4)cc3)C2=O)cc(Cl)c1OCc1ccc(Cl)cc1. The molecule has 1 fully saturated rings. The highest BCUT2D eigenvalue weighted by Crippen LogP contribution is 2.38. The van der Waals surface area contributed by atoms with Crippen LogP contribution in [-0.4, -0.2) is 24.5 Å². The predicted octanol–water partition coefficient (Wildman–Crippen LogP) is 7.22. The van der Waals surface area contributed by atoms with Crippen molar-refractivity contribution in [3.63, 3.8) is 0 Å². The second-order valence-corrected chi connectivity index (χ2v) is 10.2. The van der Waals surface area contributed by atoms with E-state index in [0.717, 1.165) is 16.0 Å². The molecule has 0 saturated carbocycles. The molecule has 0 atom stereocenters. The minimum atomic E-state index is -0.857. The molecule has 8 nitrogen and oxygen atoms in total. The lowest BCUT2D eigenvalue weighted by atomic mass is 10.1. The fourth-order valence-corrected chi connectivity index (χ4v) is 4.70. The number of nitrogens with one attached hydrogen (secondary N) is 1. The van der Waals surface area contributed by atoms with E-state index in [4.69, 9.17) is 37.4 Å². The zero-order valence-electron chi connectivity index (χ0n) is 23.0. The second-order valence-electron chi connectivity index (χ2n) is 9.40. The zero-order chi connectivity index (χ0) is 30.3. The number of carbonyl (C=O) groups excluding carboxylic acids is 3. The zero-order valence-corrected chi connectivity index (χ0v) is 24.5. The number of ether oxygens (including phenoxy) is 3. The Labute approximate surface area is 258 Å². The molecule has 218 valence electrons. The topological polar surface area (TPSA) is 94.2 Å². The molecule has 43 heavy (non-hydrogen) atoms. The minimum absolute atomic E-state index is 0.214. The van der Waals surface area contributed by atoms with E-state index >= 15 is 0 Å². The molecule has 1 N–H and O–H groups in total. The first-order valence-electron chi connectivity index (χ1n) is 13.3. The normalized spacial score (nSPS) is 14.1. The van der Waals surface area contributed by atoms with Gasteiger partial charge in [0.2, 0.25) is 0 Å². The number of amides is 4. The van der Waals surface area contributed by atoms with Crippen LogP contribution in [0.1, 0.15) is 23.6 Å². The van der Waals surface area contributed by atoms with Crippen molar-refractivity contribution in [2.45, 2.75) is 20.1 Å². The van der Waals surface area contributed by atoms with Gasteiger partial charge >= 0.3 is 6.03 Å². The first kappa shape index (κ1) is 29.7. The van der Waals surface area contributed by atoms with Gasteiger partial charge in [0.1, 0.15) is 24.5 Å². The van der Waals surface area contributed by atoms with Crippen LogP contribution < -0.4 is 24.4 Å². The number of benzene rings is 4. The smallest absolute Gasteiger partial charge is 0.335 e. The molecule has 1 aliphatic heterocycles. The lowest BCUT2D eigenvalue weighted by molar-refractivity contribution is -0.122. The van der Waals surface area contributed by atoms with Crippen molar-refractivity contribution in [1.82, 2.24) is 5.32 Å². The van der Waals surface area contributed by atoms with Gasteiger partial charge in [-0.1, -0.05) is 65.7 Å². The first-order valence-corrected chi connectivity index (χ1v) is 14.1. The summed E-state index contributed by atoms with van der Waals surface area (Å²) in [6, 6.07) is 25.6. The lowest BCUT2D eigenvalue weighted by Gasteiger charge is -2.26. The van der Waals surface area contributed by atoms with E-state index < -0.39 is 17.8 Å². The standard InChI is InChI=1S/C33H26Cl2N2O6/c1-2-41-29-18-23(17-28(35)30(29)43-20-22-8-10-24(34)11-9-22)16-27-31(38)36-33(40)37(32(27)39)25-12-14-26(15-13-25)42-19-21-6-4-3-5-7-21/h3-18H,2,19-20H2,1H3,(H,36,38,40)/b27-16+. The highest BCUT2D eigenvalue weighted by Gasteiger charge is 2.37. The van der Waals surface area contributed by atoms with Crippen molar-refractivity contribution < 1.29 is 28.6 Å². The van der Waals surface area contributed by atoms with Crippen molar-refractivity contribution in [1.29, 1.82) is 0 Å². The molecule has 0 bridgehead atoms. The fourth-order valence-electron chi connectivity index (χ4n) is 4.30. The summed E-state index contributed by atoms with van der Waals surface area (Å²) in [5, 5.41) is 3.06. The van der Waals surface area contributed by atoms with Crippen molar-refractivity contribution in [2.75, 3.05) is 11.5 Å². The van der Waals surface area contributed by atoms with Crippen LogP contribution >= 0.6 is 23.2 Å². The van der Waals surface area contributed by atoms with Gasteiger partial charge in [-0.25, -0.2) is 9.69 Å². The van der Waals surface area contributed by atoms with E-state index in [9.17, 15) is 14.4 Å². The molecule has 1 aliphatic rings. The summed E-state index contributed by atoms with van der Waals surface area (Å²) in [5.41, 5.74) is 2.30. The number of imide groups is 2. The van der Waals surface area contributed by atoms with Gasteiger partial charge < -0.3 is 14.2 Å². The largest absolute Gasteiger partial charge is 0.490 e. The van der Waals surface area contributed by atoms with E-state index in [-0.39, 0.29) is 22.9 Å². The maximum Gasteiger partial charge on any atom is 0.335 e. The second kappa shape index (κ2) is 13.5. The summed E-state index contributed by atoms with van der Waals surface area (Å²) in [4.78, 5) is 39.8. The Hall–Kier alpha value is -4.79. The van der Waals surface area contributed by atoms with Crippen LogP contribution in [0.4, 0.5) is 10.5 Å². The molecule has 4 aromatic carbocycles. The van der Waals surface area contributed by atoms with Gasteiger partial charge in [-0.3, -0.25) is 14.9 Å². The Morgan fingerprint density at radius 3 is 2.16 bits per heavy atom. The quantitative estimate of drug-likeness (QED) is 0.149. The van der Waals surface area contributed by atoms with Crippen molar-refractivity contribution in [2.24, 2.45) is 0 Å². The van der Waals surface area contributed by atoms with Crippen LogP contribution in [0.2, 0.25) is 10.0 Å². The number of carbonyl (C=O) groups is 3. The Balaban J connectivity index is 1.36. The van der Waals surface area contributed by atoms with Crippen LogP contribution in [0.3, 0.4) is 0 Å².